The Bertz CT molecular complexity index is 930. The molecule has 0 bridgehead atoms. The van der Waals surface area contributed by atoms with E-state index in [0.29, 0.717) is 30.2 Å². The third-order valence-corrected chi connectivity index (χ3v) is 4.79. The summed E-state index contributed by atoms with van der Waals surface area (Å²) in [6.07, 6.45) is 0.656. The number of aryl methyl sites for hydroxylation is 1. The Kier molecular flexibility index (Phi) is 5.28. The number of ether oxygens (including phenoxy) is 1. The van der Waals surface area contributed by atoms with E-state index >= 15 is 0 Å². The summed E-state index contributed by atoms with van der Waals surface area (Å²) in [4.78, 5) is 26.7. The average molecular weight is 390 g/mol. The first-order valence-electron chi connectivity index (χ1n) is 8.57. The molecule has 1 aliphatic heterocycles. The summed E-state index contributed by atoms with van der Waals surface area (Å²) in [6.45, 7) is 4.04. The first-order valence-corrected chi connectivity index (χ1v) is 8.95. The van der Waals surface area contributed by atoms with Gasteiger partial charge in [-0.3, -0.25) is 9.59 Å². The molecule has 1 aromatic heterocycles. The van der Waals surface area contributed by atoms with Gasteiger partial charge in [0.05, 0.1) is 17.7 Å². The van der Waals surface area contributed by atoms with E-state index in [1.165, 1.54) is 18.1 Å². The third-order valence-electron chi connectivity index (χ3n) is 4.46. The fourth-order valence-corrected chi connectivity index (χ4v) is 3.41. The van der Waals surface area contributed by atoms with Crippen LogP contribution in [0, 0.1) is 6.92 Å². The van der Waals surface area contributed by atoms with Crippen LogP contribution in [0.5, 0.6) is 5.75 Å². The van der Waals surface area contributed by atoms with Gasteiger partial charge in [0, 0.05) is 12.1 Å². The van der Waals surface area contributed by atoms with E-state index in [4.69, 9.17) is 20.8 Å². The minimum atomic E-state index is -0.805. The van der Waals surface area contributed by atoms with Crippen LogP contribution in [0.1, 0.15) is 36.5 Å². The fraction of sp³-hybridized carbons (Fsp3) is 0.300. The van der Waals surface area contributed by atoms with Crippen molar-refractivity contribution in [2.24, 2.45) is 0 Å². The SMILES string of the molecule is CCCN1C(=O)C(=O)/C(=C(/O)c2cc(OC)ccc2Cl)C1c1ccc(C)o1. The lowest BCUT2D eigenvalue weighted by Crippen LogP contribution is -2.30. The normalized spacial score (nSPS) is 19.0. The standard InChI is InChI=1S/C20H20ClNO5/c1-4-9-22-17(15-8-5-11(2)27-15)16(19(24)20(22)25)18(23)13-10-12(26-3)6-7-14(13)21/h5-8,10,17,23H,4,9H2,1-3H3/b18-16+. The molecule has 2 heterocycles. The van der Waals surface area contributed by atoms with Crippen molar-refractivity contribution in [3.63, 3.8) is 0 Å². The predicted octanol–water partition coefficient (Wildman–Crippen LogP) is 4.08. The maximum Gasteiger partial charge on any atom is 0.295 e. The van der Waals surface area contributed by atoms with E-state index in [9.17, 15) is 14.7 Å². The molecular formula is C20H20ClNO5. The van der Waals surface area contributed by atoms with Crippen molar-refractivity contribution in [2.45, 2.75) is 26.3 Å². The minimum Gasteiger partial charge on any atom is -0.507 e. The van der Waals surface area contributed by atoms with Gasteiger partial charge in [-0.05, 0) is 43.7 Å². The zero-order valence-corrected chi connectivity index (χ0v) is 16.0. The van der Waals surface area contributed by atoms with Crippen LogP contribution in [0.2, 0.25) is 5.02 Å². The second-order valence-electron chi connectivity index (χ2n) is 6.29. The minimum absolute atomic E-state index is 0.0436. The van der Waals surface area contributed by atoms with E-state index in [2.05, 4.69) is 0 Å². The number of furan rings is 1. The molecule has 27 heavy (non-hydrogen) atoms. The van der Waals surface area contributed by atoms with E-state index in [0.717, 1.165) is 0 Å². The van der Waals surface area contributed by atoms with Crippen molar-refractivity contribution < 1.29 is 23.8 Å². The summed E-state index contributed by atoms with van der Waals surface area (Å²) in [7, 11) is 1.48. The molecule has 1 aliphatic rings. The Labute approximate surface area is 162 Å². The third kappa shape index (κ3) is 3.32. The van der Waals surface area contributed by atoms with Crippen molar-refractivity contribution in [3.8, 4) is 5.75 Å². The van der Waals surface area contributed by atoms with Gasteiger partial charge in [-0.2, -0.15) is 0 Å². The van der Waals surface area contributed by atoms with Crippen LogP contribution in [0.4, 0.5) is 0 Å². The number of nitrogens with zero attached hydrogens (tertiary/aromatic N) is 1. The summed E-state index contributed by atoms with van der Waals surface area (Å²) in [5, 5.41) is 11.2. The van der Waals surface area contributed by atoms with Crippen LogP contribution >= 0.6 is 11.6 Å². The number of aliphatic hydroxyl groups is 1. The molecule has 1 saturated heterocycles. The van der Waals surface area contributed by atoms with Crippen LogP contribution < -0.4 is 4.74 Å². The molecule has 7 heteroatoms. The number of aliphatic hydroxyl groups excluding tert-OH is 1. The first kappa shape index (κ1) is 19.0. The van der Waals surface area contributed by atoms with Gasteiger partial charge in [-0.25, -0.2) is 0 Å². The number of rotatable bonds is 5. The van der Waals surface area contributed by atoms with Crippen molar-refractivity contribution in [2.75, 3.05) is 13.7 Å². The van der Waals surface area contributed by atoms with E-state index in [1.54, 1.807) is 31.2 Å². The van der Waals surface area contributed by atoms with E-state index < -0.39 is 17.7 Å². The fourth-order valence-electron chi connectivity index (χ4n) is 3.21. The molecule has 1 atom stereocenters. The van der Waals surface area contributed by atoms with Gasteiger partial charge in [0.25, 0.3) is 11.7 Å². The summed E-state index contributed by atoms with van der Waals surface area (Å²) in [6, 6.07) is 7.37. The van der Waals surface area contributed by atoms with Crippen LogP contribution in [0.15, 0.2) is 40.3 Å². The Morgan fingerprint density at radius 3 is 2.63 bits per heavy atom. The number of carbonyl (C=O) groups excluding carboxylic acids is 2. The van der Waals surface area contributed by atoms with Gasteiger partial charge in [0.1, 0.15) is 29.1 Å². The summed E-state index contributed by atoms with van der Waals surface area (Å²) < 4.78 is 10.9. The number of methoxy groups -OCH3 is 1. The van der Waals surface area contributed by atoms with Crippen LogP contribution in [-0.4, -0.2) is 35.4 Å². The first-order chi connectivity index (χ1) is 12.9. The van der Waals surface area contributed by atoms with Gasteiger partial charge in [-0.15, -0.1) is 0 Å². The number of carbonyl (C=O) groups is 2. The topological polar surface area (TPSA) is 80.0 Å². The molecule has 142 valence electrons. The molecule has 3 rings (SSSR count). The van der Waals surface area contributed by atoms with Gasteiger partial charge in [0.15, 0.2) is 0 Å². The molecule has 1 unspecified atom stereocenters. The van der Waals surface area contributed by atoms with Crippen molar-refractivity contribution in [3.05, 3.63) is 58.0 Å². The smallest absolute Gasteiger partial charge is 0.295 e. The second kappa shape index (κ2) is 7.48. The lowest BCUT2D eigenvalue weighted by atomic mass is 9.99. The molecule has 1 aromatic carbocycles. The molecule has 0 radical (unpaired) electrons. The van der Waals surface area contributed by atoms with Gasteiger partial charge in [-0.1, -0.05) is 18.5 Å². The summed E-state index contributed by atoms with van der Waals surface area (Å²) in [5.74, 6) is -0.258. The molecule has 1 fully saturated rings. The van der Waals surface area contributed by atoms with Crippen LogP contribution in [-0.2, 0) is 9.59 Å². The van der Waals surface area contributed by atoms with E-state index in [-0.39, 0.29) is 21.9 Å². The van der Waals surface area contributed by atoms with Crippen molar-refractivity contribution in [1.82, 2.24) is 4.90 Å². The highest BCUT2D eigenvalue weighted by molar-refractivity contribution is 6.46. The number of hydrogen-bond acceptors (Lipinski definition) is 5. The van der Waals surface area contributed by atoms with Crippen LogP contribution in [0.3, 0.4) is 0 Å². The lowest BCUT2D eigenvalue weighted by molar-refractivity contribution is -0.140. The quantitative estimate of drug-likeness (QED) is 0.473. The maximum absolute atomic E-state index is 12.7. The zero-order valence-electron chi connectivity index (χ0n) is 15.3. The number of ketones is 1. The molecular weight excluding hydrogens is 370 g/mol. The van der Waals surface area contributed by atoms with Gasteiger partial charge < -0.3 is 19.2 Å². The molecule has 1 amide bonds. The van der Waals surface area contributed by atoms with E-state index in [1.807, 2.05) is 6.92 Å². The molecule has 0 spiro atoms. The average Bonchev–Trinajstić information content (AvgIpc) is 3.18. The maximum atomic E-state index is 12.7. The molecule has 0 saturated carbocycles. The Hall–Kier alpha value is -2.73. The Morgan fingerprint density at radius 2 is 2.04 bits per heavy atom. The number of halogens is 1. The summed E-state index contributed by atoms with van der Waals surface area (Å²) >= 11 is 6.22. The largest absolute Gasteiger partial charge is 0.507 e. The monoisotopic (exact) mass is 389 g/mol. The molecule has 6 nitrogen and oxygen atoms in total. The highest BCUT2D eigenvalue weighted by atomic mass is 35.5. The number of hydrogen-bond donors (Lipinski definition) is 1. The molecule has 0 aliphatic carbocycles. The lowest BCUT2D eigenvalue weighted by Gasteiger charge is -2.22. The van der Waals surface area contributed by atoms with Gasteiger partial charge in [0.2, 0.25) is 0 Å². The molecule has 2 aromatic rings. The summed E-state index contributed by atoms with van der Waals surface area (Å²) in [5.41, 5.74) is 0.178. The molecule has 1 N–H and O–H groups in total. The van der Waals surface area contributed by atoms with Crippen molar-refractivity contribution in [1.29, 1.82) is 0 Å². The van der Waals surface area contributed by atoms with Gasteiger partial charge >= 0.3 is 0 Å². The number of amides is 1. The Balaban J connectivity index is 2.22. The van der Waals surface area contributed by atoms with Crippen LogP contribution in [0.25, 0.3) is 5.76 Å². The number of Topliss-reactive ketones (excluding diaryl/α,β-unsaturated/α-hetero) is 1. The zero-order chi connectivity index (χ0) is 19.7. The predicted molar refractivity (Wildman–Crippen MR) is 101 cm³/mol. The number of benzene rings is 1. The number of likely N-dealkylation sites (tertiary alicyclic amines) is 1. The Morgan fingerprint density at radius 1 is 1.30 bits per heavy atom. The highest BCUT2D eigenvalue weighted by Gasteiger charge is 2.47. The highest BCUT2D eigenvalue weighted by Crippen LogP contribution is 2.41. The second-order valence-corrected chi connectivity index (χ2v) is 6.69. The van der Waals surface area contributed by atoms with Crippen molar-refractivity contribution >= 4 is 29.1 Å².